The fraction of sp³-hybridized carbons (Fsp3) is 0.474. The number of aryl methyl sites for hydroxylation is 1. The van der Waals surface area contributed by atoms with E-state index in [0.29, 0.717) is 12.1 Å². The average Bonchev–Trinajstić information content (AvgIpc) is 3.10. The summed E-state index contributed by atoms with van der Waals surface area (Å²) in [5.41, 5.74) is -2.56. The van der Waals surface area contributed by atoms with Gasteiger partial charge in [0.05, 0.1) is 15.7 Å². The smallest absolute Gasteiger partial charge is 0.348 e. The molecule has 1 amide bonds. The van der Waals surface area contributed by atoms with Crippen LogP contribution in [0.1, 0.15) is 47.4 Å². The first-order valence-corrected chi connectivity index (χ1v) is 11.1. The normalized spacial score (nSPS) is 20.2. The van der Waals surface area contributed by atoms with Crippen LogP contribution in [-0.4, -0.2) is 35.4 Å². The molecule has 0 aliphatic heterocycles. The molecule has 0 spiro atoms. The van der Waals surface area contributed by atoms with E-state index in [1.807, 2.05) is 0 Å². The molecule has 1 N–H and O–H groups in total. The molecule has 1 fully saturated rings. The van der Waals surface area contributed by atoms with Crippen molar-refractivity contribution in [1.29, 1.82) is 0 Å². The number of carbonyl (C=O) groups excluding carboxylic acids is 1. The van der Waals surface area contributed by atoms with E-state index in [1.165, 1.54) is 7.05 Å². The first-order valence-electron chi connectivity index (χ1n) is 9.53. The Balaban J connectivity index is 1.65. The highest BCUT2D eigenvalue weighted by molar-refractivity contribution is 7.92. The van der Waals surface area contributed by atoms with Gasteiger partial charge in [0.15, 0.2) is 15.5 Å². The van der Waals surface area contributed by atoms with Gasteiger partial charge in [-0.15, -0.1) is 0 Å². The van der Waals surface area contributed by atoms with Crippen LogP contribution in [0.3, 0.4) is 0 Å². The van der Waals surface area contributed by atoms with Crippen molar-refractivity contribution < 1.29 is 39.6 Å². The van der Waals surface area contributed by atoms with E-state index in [2.05, 4.69) is 10.4 Å². The van der Waals surface area contributed by atoms with E-state index in [1.54, 1.807) is 0 Å². The molecule has 1 saturated carbocycles. The number of halogens is 6. The van der Waals surface area contributed by atoms with E-state index in [9.17, 15) is 39.6 Å². The molecule has 176 valence electrons. The van der Waals surface area contributed by atoms with Crippen LogP contribution in [0.4, 0.5) is 26.3 Å². The molecule has 6 nitrogen and oxygen atoms in total. The maximum absolute atomic E-state index is 12.9. The lowest BCUT2D eigenvalue weighted by Crippen LogP contribution is -2.40. The van der Waals surface area contributed by atoms with Crippen molar-refractivity contribution >= 4 is 15.7 Å². The van der Waals surface area contributed by atoms with Crippen molar-refractivity contribution in [2.45, 2.75) is 54.2 Å². The minimum Gasteiger partial charge on any atom is -0.348 e. The summed E-state index contributed by atoms with van der Waals surface area (Å²) >= 11 is 0. The van der Waals surface area contributed by atoms with Gasteiger partial charge in [-0.1, -0.05) is 6.07 Å². The van der Waals surface area contributed by atoms with Crippen LogP contribution >= 0.6 is 0 Å². The van der Waals surface area contributed by atoms with Gasteiger partial charge in [0.1, 0.15) is 5.69 Å². The molecule has 2 aromatic rings. The molecule has 0 atom stereocenters. The maximum Gasteiger partial charge on any atom is 0.435 e. The van der Waals surface area contributed by atoms with Crippen LogP contribution in [0.15, 0.2) is 35.2 Å². The van der Waals surface area contributed by atoms with E-state index in [-0.39, 0.29) is 31.4 Å². The maximum atomic E-state index is 12.9. The summed E-state index contributed by atoms with van der Waals surface area (Å²) in [5.74, 6) is -0.778. The Labute approximate surface area is 179 Å². The van der Waals surface area contributed by atoms with Gasteiger partial charge in [-0.2, -0.15) is 31.4 Å². The molecule has 1 aromatic heterocycles. The third-order valence-corrected chi connectivity index (χ3v) is 7.60. The average molecular weight is 483 g/mol. The largest absolute Gasteiger partial charge is 0.435 e. The summed E-state index contributed by atoms with van der Waals surface area (Å²) < 4.78 is 103. The zero-order chi connectivity index (χ0) is 23.9. The third-order valence-electron chi connectivity index (χ3n) is 5.34. The Bertz CT molecular complexity index is 1100. The second kappa shape index (κ2) is 8.41. The van der Waals surface area contributed by atoms with Crippen molar-refractivity contribution in [3.05, 3.63) is 47.3 Å². The number of alkyl halides is 6. The van der Waals surface area contributed by atoms with Crippen molar-refractivity contribution in [2.24, 2.45) is 7.05 Å². The standard InChI is InChI=1S/C19H19F6N3O3S/c1-28-15(10-16(27-28)19(23,24)25)17(29)26-12-5-7-13(8-6-12)32(30,31)14-4-2-3-11(9-14)18(20,21)22/h2-4,9-10,12-13H,5-8H2,1H3,(H,26,29)/t12-,13-. The number of nitrogens with zero attached hydrogens (tertiary/aromatic N) is 2. The van der Waals surface area contributed by atoms with Crippen LogP contribution in [0, 0.1) is 0 Å². The number of rotatable bonds is 4. The Morgan fingerprint density at radius 3 is 2.19 bits per heavy atom. The lowest BCUT2D eigenvalue weighted by Gasteiger charge is -2.29. The summed E-state index contributed by atoms with van der Waals surface area (Å²) in [7, 11) is -2.82. The van der Waals surface area contributed by atoms with Gasteiger partial charge in [0.25, 0.3) is 5.91 Å². The number of aromatic nitrogens is 2. The van der Waals surface area contributed by atoms with Crippen molar-refractivity contribution in [3.63, 3.8) is 0 Å². The molecular weight excluding hydrogens is 464 g/mol. The second-order valence-electron chi connectivity index (χ2n) is 7.55. The van der Waals surface area contributed by atoms with E-state index in [4.69, 9.17) is 0 Å². The number of benzene rings is 1. The van der Waals surface area contributed by atoms with E-state index >= 15 is 0 Å². The van der Waals surface area contributed by atoms with Crippen LogP contribution in [0.5, 0.6) is 0 Å². The fourth-order valence-corrected chi connectivity index (χ4v) is 5.47. The van der Waals surface area contributed by atoms with Gasteiger partial charge < -0.3 is 5.32 Å². The monoisotopic (exact) mass is 483 g/mol. The molecule has 1 aromatic carbocycles. The minimum absolute atomic E-state index is 0.0860. The SMILES string of the molecule is Cn1nc(C(F)(F)F)cc1C(=O)N[C@H]1CC[C@H](S(=O)(=O)c2cccc(C(F)(F)F)c2)CC1. The molecular formula is C19H19F6N3O3S. The molecule has 0 saturated heterocycles. The lowest BCUT2D eigenvalue weighted by atomic mass is 9.95. The van der Waals surface area contributed by atoms with Gasteiger partial charge in [-0.25, -0.2) is 8.42 Å². The molecule has 0 unspecified atom stereocenters. The number of hydrogen-bond acceptors (Lipinski definition) is 4. The molecule has 1 aliphatic carbocycles. The quantitative estimate of drug-likeness (QED) is 0.668. The summed E-state index contributed by atoms with van der Waals surface area (Å²) in [6, 6.07) is 3.67. The molecule has 1 heterocycles. The Kier molecular flexibility index (Phi) is 6.33. The molecule has 32 heavy (non-hydrogen) atoms. The molecule has 3 rings (SSSR count). The van der Waals surface area contributed by atoms with Crippen LogP contribution in [-0.2, 0) is 29.2 Å². The molecule has 0 radical (unpaired) electrons. The van der Waals surface area contributed by atoms with Crippen molar-refractivity contribution in [3.8, 4) is 0 Å². The predicted molar refractivity (Wildman–Crippen MR) is 100 cm³/mol. The summed E-state index contributed by atoms with van der Waals surface area (Å²) in [6.45, 7) is 0. The second-order valence-corrected chi connectivity index (χ2v) is 9.78. The van der Waals surface area contributed by atoms with E-state index in [0.717, 1.165) is 22.9 Å². The summed E-state index contributed by atoms with van der Waals surface area (Å²) in [4.78, 5) is 11.9. The van der Waals surface area contributed by atoms with Crippen molar-refractivity contribution in [2.75, 3.05) is 0 Å². The zero-order valence-electron chi connectivity index (χ0n) is 16.7. The highest BCUT2D eigenvalue weighted by atomic mass is 32.2. The summed E-state index contributed by atoms with van der Waals surface area (Å²) in [5, 5.41) is 4.92. The van der Waals surface area contributed by atoms with Crippen LogP contribution in [0.2, 0.25) is 0 Å². The minimum atomic E-state index is -4.70. The number of hydrogen-bond donors (Lipinski definition) is 1. The van der Waals surface area contributed by atoms with Gasteiger partial charge in [-0.05, 0) is 43.9 Å². The topological polar surface area (TPSA) is 81.1 Å². The zero-order valence-corrected chi connectivity index (χ0v) is 17.5. The number of amides is 1. The van der Waals surface area contributed by atoms with Crippen LogP contribution in [0.25, 0.3) is 0 Å². The highest BCUT2D eigenvalue weighted by Gasteiger charge is 2.37. The summed E-state index contributed by atoms with van der Waals surface area (Å²) in [6.07, 6.45) is -8.79. The first-order chi connectivity index (χ1) is 14.7. The van der Waals surface area contributed by atoms with Gasteiger partial charge in [0, 0.05) is 19.2 Å². The molecule has 13 heteroatoms. The van der Waals surface area contributed by atoms with Gasteiger partial charge in [-0.3, -0.25) is 9.48 Å². The number of nitrogens with one attached hydrogen (secondary N) is 1. The third kappa shape index (κ3) is 5.08. The molecule has 1 aliphatic rings. The highest BCUT2D eigenvalue weighted by Crippen LogP contribution is 2.34. The Hall–Kier alpha value is -2.57. The van der Waals surface area contributed by atoms with Crippen LogP contribution < -0.4 is 5.32 Å². The number of carbonyl (C=O) groups is 1. The number of sulfone groups is 1. The van der Waals surface area contributed by atoms with Gasteiger partial charge in [0.2, 0.25) is 0 Å². The molecule has 0 bridgehead atoms. The van der Waals surface area contributed by atoms with Gasteiger partial charge >= 0.3 is 12.4 Å². The Morgan fingerprint density at radius 1 is 1.03 bits per heavy atom. The fourth-order valence-electron chi connectivity index (χ4n) is 3.64. The predicted octanol–water partition coefficient (Wildman–Crippen LogP) is 3.97. The lowest BCUT2D eigenvalue weighted by molar-refractivity contribution is -0.141. The van der Waals surface area contributed by atoms with E-state index < -0.39 is 55.5 Å². The Morgan fingerprint density at radius 2 is 1.66 bits per heavy atom. The van der Waals surface area contributed by atoms with Crippen molar-refractivity contribution in [1.82, 2.24) is 15.1 Å². The first kappa shape index (κ1) is 24.1.